The van der Waals surface area contributed by atoms with Gasteiger partial charge in [0, 0.05) is 31.1 Å². The summed E-state index contributed by atoms with van der Waals surface area (Å²) >= 11 is 0. The molecular formula is C17H19N5O5. The highest BCUT2D eigenvalue weighted by Crippen LogP contribution is 2.44. The Morgan fingerprint density at radius 2 is 2.15 bits per heavy atom. The van der Waals surface area contributed by atoms with Gasteiger partial charge in [-0.15, -0.1) is 0 Å². The largest absolute Gasteiger partial charge is 0.438 e. The van der Waals surface area contributed by atoms with Gasteiger partial charge >= 0.3 is 6.09 Å². The molecule has 0 atom stereocenters. The number of ether oxygens (including phenoxy) is 2. The smallest absolute Gasteiger partial charge is 0.415 e. The highest BCUT2D eigenvalue weighted by Gasteiger charge is 2.40. The van der Waals surface area contributed by atoms with E-state index >= 15 is 0 Å². The molecule has 0 aliphatic carbocycles. The van der Waals surface area contributed by atoms with E-state index in [0.717, 1.165) is 0 Å². The summed E-state index contributed by atoms with van der Waals surface area (Å²) in [6.45, 7) is 3.94. The molecule has 1 aliphatic rings. The zero-order valence-electron chi connectivity index (χ0n) is 15.1. The van der Waals surface area contributed by atoms with Gasteiger partial charge in [-0.2, -0.15) is 0 Å². The fourth-order valence-corrected chi connectivity index (χ4v) is 2.86. The number of nitro benzene ring substituents is 1. The third-order valence-corrected chi connectivity index (χ3v) is 4.16. The lowest BCUT2D eigenvalue weighted by Gasteiger charge is -2.38. The van der Waals surface area contributed by atoms with Gasteiger partial charge in [-0.1, -0.05) is 0 Å². The molecule has 0 unspecified atom stereocenters. The third kappa shape index (κ3) is 3.65. The summed E-state index contributed by atoms with van der Waals surface area (Å²) in [4.78, 5) is 32.9. The van der Waals surface area contributed by atoms with Crippen molar-refractivity contribution in [3.8, 4) is 0 Å². The van der Waals surface area contributed by atoms with Crippen LogP contribution in [0.5, 0.6) is 0 Å². The van der Waals surface area contributed by atoms with Crippen molar-refractivity contribution in [2.45, 2.75) is 19.4 Å². The Morgan fingerprint density at radius 1 is 1.37 bits per heavy atom. The van der Waals surface area contributed by atoms with E-state index in [-0.39, 0.29) is 24.5 Å². The molecule has 2 heterocycles. The molecule has 0 spiro atoms. The molecule has 0 fully saturated rings. The summed E-state index contributed by atoms with van der Waals surface area (Å²) in [5.74, 6) is 0.363. The number of nitrogens with one attached hydrogen (secondary N) is 1. The lowest BCUT2D eigenvalue weighted by atomic mass is 9.92. The minimum absolute atomic E-state index is 0.188. The van der Waals surface area contributed by atoms with Crippen LogP contribution in [-0.4, -0.2) is 41.2 Å². The Kier molecular flexibility index (Phi) is 4.91. The van der Waals surface area contributed by atoms with E-state index < -0.39 is 16.6 Å². The van der Waals surface area contributed by atoms with Gasteiger partial charge in [-0.05, 0) is 19.9 Å². The maximum atomic E-state index is 12.4. The van der Waals surface area contributed by atoms with Crippen LogP contribution < -0.4 is 10.2 Å². The van der Waals surface area contributed by atoms with Crippen molar-refractivity contribution in [2.24, 2.45) is 0 Å². The molecule has 1 N–H and O–H groups in total. The number of carbonyl (C=O) groups excluding carboxylic acids is 1. The number of hydrogen-bond donors (Lipinski definition) is 1. The number of nitro groups is 1. The molecule has 1 aromatic carbocycles. The van der Waals surface area contributed by atoms with E-state index in [1.807, 2.05) is 0 Å². The fraction of sp³-hybridized carbons (Fsp3) is 0.353. The number of methoxy groups -OCH3 is 1. The predicted octanol–water partition coefficient (Wildman–Crippen LogP) is 2.97. The number of aromatic nitrogens is 2. The van der Waals surface area contributed by atoms with Crippen LogP contribution in [0.15, 0.2) is 30.7 Å². The molecule has 2 aromatic rings. The van der Waals surface area contributed by atoms with Crippen LogP contribution in [0.1, 0.15) is 19.4 Å². The SMILES string of the molecule is COCCN1C(=O)OC(C)(C)c2cc(Nc3cnccn3)c([N+](=O)[O-])cc21. The normalized spacial score (nSPS) is 15.1. The number of rotatable bonds is 6. The van der Waals surface area contributed by atoms with Crippen LogP contribution in [0.2, 0.25) is 0 Å². The quantitative estimate of drug-likeness (QED) is 0.606. The molecule has 1 aromatic heterocycles. The van der Waals surface area contributed by atoms with Crippen LogP contribution in [0.4, 0.5) is 27.7 Å². The zero-order chi connectivity index (χ0) is 19.6. The standard InChI is InChI=1S/C17H19N5O5/c1-17(2)11-8-12(20-15-10-18-4-5-19-15)14(22(24)25)9-13(11)21(6-7-26-3)16(23)27-17/h4-5,8-10H,6-7H2,1-3H3,(H,19,20). The molecule has 10 heteroatoms. The van der Waals surface area contributed by atoms with Crippen LogP contribution in [0.3, 0.4) is 0 Å². The summed E-state index contributed by atoms with van der Waals surface area (Å²) in [5.41, 5.74) is 0.147. The lowest BCUT2D eigenvalue weighted by molar-refractivity contribution is -0.383. The van der Waals surface area contributed by atoms with Gasteiger partial charge in [0.2, 0.25) is 0 Å². The monoisotopic (exact) mass is 373 g/mol. The van der Waals surface area contributed by atoms with Crippen LogP contribution in [0.25, 0.3) is 0 Å². The summed E-state index contributed by atoms with van der Waals surface area (Å²) in [6, 6.07) is 2.97. The molecular weight excluding hydrogens is 354 g/mol. The number of nitrogens with zero attached hydrogens (tertiary/aromatic N) is 4. The molecule has 1 aliphatic heterocycles. The highest BCUT2D eigenvalue weighted by atomic mass is 16.6. The van der Waals surface area contributed by atoms with Crippen molar-refractivity contribution in [3.05, 3.63) is 46.4 Å². The summed E-state index contributed by atoms with van der Waals surface area (Å²) < 4.78 is 10.6. The van der Waals surface area contributed by atoms with Gasteiger partial charge in [0.25, 0.3) is 5.69 Å². The van der Waals surface area contributed by atoms with Crippen LogP contribution >= 0.6 is 0 Å². The minimum atomic E-state index is -0.954. The Labute approximate surface area is 155 Å². The number of fused-ring (bicyclic) bond motifs is 1. The molecule has 0 radical (unpaired) electrons. The first-order chi connectivity index (χ1) is 12.8. The number of amides is 1. The molecule has 27 heavy (non-hydrogen) atoms. The highest BCUT2D eigenvalue weighted by molar-refractivity contribution is 5.93. The van der Waals surface area contributed by atoms with E-state index in [4.69, 9.17) is 9.47 Å². The third-order valence-electron chi connectivity index (χ3n) is 4.16. The number of benzene rings is 1. The number of hydrogen-bond acceptors (Lipinski definition) is 8. The maximum Gasteiger partial charge on any atom is 0.415 e. The Morgan fingerprint density at radius 3 is 2.78 bits per heavy atom. The van der Waals surface area contributed by atoms with Gasteiger partial charge in [0.05, 0.1) is 30.0 Å². The first-order valence-electron chi connectivity index (χ1n) is 8.19. The number of cyclic esters (lactones) is 1. The van der Waals surface area contributed by atoms with Crippen molar-refractivity contribution in [1.29, 1.82) is 0 Å². The second-order valence-electron chi connectivity index (χ2n) is 6.38. The van der Waals surface area contributed by atoms with Gasteiger partial charge in [-0.25, -0.2) is 9.78 Å². The number of anilines is 3. The van der Waals surface area contributed by atoms with Crippen LogP contribution in [0, 0.1) is 10.1 Å². The molecule has 0 saturated carbocycles. The van der Waals surface area contributed by atoms with Crippen LogP contribution in [-0.2, 0) is 15.1 Å². The second-order valence-corrected chi connectivity index (χ2v) is 6.38. The van der Waals surface area contributed by atoms with Crippen molar-refractivity contribution in [1.82, 2.24) is 9.97 Å². The van der Waals surface area contributed by atoms with E-state index in [9.17, 15) is 14.9 Å². The van der Waals surface area contributed by atoms with Gasteiger partial charge in [0.15, 0.2) is 0 Å². The van der Waals surface area contributed by atoms with Gasteiger partial charge in [0.1, 0.15) is 17.1 Å². The molecule has 3 rings (SSSR count). The Hall–Kier alpha value is -3.27. The topological polar surface area (TPSA) is 120 Å². The first kappa shape index (κ1) is 18.5. The average Bonchev–Trinajstić information content (AvgIpc) is 2.62. The molecule has 0 saturated heterocycles. The van der Waals surface area contributed by atoms with Crippen molar-refractivity contribution < 1.29 is 19.2 Å². The summed E-state index contributed by atoms with van der Waals surface area (Å²) in [7, 11) is 1.51. The van der Waals surface area contributed by atoms with E-state index in [0.29, 0.717) is 17.1 Å². The van der Waals surface area contributed by atoms with Gasteiger partial charge < -0.3 is 14.8 Å². The molecule has 1 amide bonds. The van der Waals surface area contributed by atoms with Crippen molar-refractivity contribution >= 4 is 29.0 Å². The zero-order valence-corrected chi connectivity index (χ0v) is 15.1. The van der Waals surface area contributed by atoms with E-state index in [1.165, 1.54) is 36.7 Å². The molecule has 0 bridgehead atoms. The minimum Gasteiger partial charge on any atom is -0.438 e. The first-order valence-corrected chi connectivity index (χ1v) is 8.19. The van der Waals surface area contributed by atoms with E-state index in [2.05, 4.69) is 15.3 Å². The summed E-state index contributed by atoms with van der Waals surface area (Å²) in [5, 5.41) is 14.5. The summed E-state index contributed by atoms with van der Waals surface area (Å²) in [6.07, 6.45) is 3.86. The Bertz CT molecular complexity index is 872. The fourth-order valence-electron chi connectivity index (χ4n) is 2.86. The molecule has 10 nitrogen and oxygen atoms in total. The van der Waals surface area contributed by atoms with Gasteiger partial charge in [-0.3, -0.25) is 20.0 Å². The van der Waals surface area contributed by atoms with E-state index in [1.54, 1.807) is 19.9 Å². The molecule has 142 valence electrons. The Balaban J connectivity index is 2.12. The number of carbonyl (C=O) groups is 1. The maximum absolute atomic E-state index is 12.4. The predicted molar refractivity (Wildman–Crippen MR) is 97.1 cm³/mol. The second kappa shape index (κ2) is 7.16. The van der Waals surface area contributed by atoms with Crippen molar-refractivity contribution in [2.75, 3.05) is 30.5 Å². The van der Waals surface area contributed by atoms with Crippen molar-refractivity contribution in [3.63, 3.8) is 0 Å². The average molecular weight is 373 g/mol. The lowest BCUT2D eigenvalue weighted by Crippen LogP contribution is -2.44.